The zero-order valence-corrected chi connectivity index (χ0v) is 19.2. The Morgan fingerprint density at radius 3 is 1.94 bits per heavy atom. The molecule has 4 N–H and O–H groups in total. The maximum atomic E-state index is 12.3. The van der Waals surface area contributed by atoms with E-state index in [9.17, 15) is 9.59 Å². The summed E-state index contributed by atoms with van der Waals surface area (Å²) in [5.74, 6) is 0.751. The number of benzene rings is 2. The predicted octanol–water partition coefficient (Wildman–Crippen LogP) is 2.13. The Hall–Kier alpha value is -3.52. The Kier molecular flexibility index (Phi) is 6.29. The molecule has 4 rings (SSSR count). The highest BCUT2D eigenvalue weighted by Crippen LogP contribution is 2.46. The summed E-state index contributed by atoms with van der Waals surface area (Å²) in [5.41, 5.74) is 10.6. The van der Waals surface area contributed by atoms with E-state index in [-0.39, 0.29) is 11.8 Å². The number of hydrogen-bond donors (Lipinski definition) is 3. The fraction of sp³-hybridized carbons (Fsp3) is 0.360. The minimum atomic E-state index is -0.779. The third-order valence-electron chi connectivity index (χ3n) is 6.43. The second-order valence-corrected chi connectivity index (χ2v) is 8.20. The minimum Gasteiger partial charge on any atom is -0.424 e. The summed E-state index contributed by atoms with van der Waals surface area (Å²) in [5, 5.41) is 14.1. The molecule has 1 aromatic heterocycles. The van der Waals surface area contributed by atoms with Crippen molar-refractivity contribution in [1.82, 2.24) is 20.8 Å². The molecule has 3 aromatic rings. The van der Waals surface area contributed by atoms with Crippen LogP contribution in [-0.2, 0) is 24.7 Å². The summed E-state index contributed by atoms with van der Waals surface area (Å²) in [7, 11) is 3.24. The van der Waals surface area contributed by atoms with Crippen molar-refractivity contribution >= 4 is 11.8 Å². The Bertz CT molecular complexity index is 1130. The lowest BCUT2D eigenvalue weighted by molar-refractivity contribution is 0.0955. The zero-order chi connectivity index (χ0) is 23.6. The normalized spacial score (nSPS) is 14.1. The summed E-state index contributed by atoms with van der Waals surface area (Å²) < 4.78 is 6.16. The highest BCUT2D eigenvalue weighted by molar-refractivity contribution is 5.95. The number of fused-ring (bicyclic) bond motifs is 2. The molecule has 2 amide bonds. The van der Waals surface area contributed by atoms with Gasteiger partial charge in [0.05, 0.1) is 0 Å². The van der Waals surface area contributed by atoms with E-state index in [0.29, 0.717) is 55.1 Å². The number of carbonyl (C=O) groups is 2. The molecule has 1 heterocycles. The maximum Gasteiger partial charge on any atom is 0.251 e. The smallest absolute Gasteiger partial charge is 0.251 e. The van der Waals surface area contributed by atoms with Crippen LogP contribution in [-0.4, -0.2) is 42.7 Å². The molecule has 0 saturated carbocycles. The Labute approximate surface area is 193 Å². The lowest BCUT2D eigenvalue weighted by Crippen LogP contribution is -2.34. The van der Waals surface area contributed by atoms with Gasteiger partial charge in [-0.05, 0) is 72.3 Å². The van der Waals surface area contributed by atoms with Crippen molar-refractivity contribution < 1.29 is 14.0 Å². The summed E-state index contributed by atoms with van der Waals surface area (Å²) in [6.07, 6.45) is 2.56. The van der Waals surface area contributed by atoms with Crippen LogP contribution >= 0.6 is 0 Å². The van der Waals surface area contributed by atoms with Gasteiger partial charge in [-0.15, -0.1) is 10.2 Å². The molecule has 172 valence electrons. The van der Waals surface area contributed by atoms with Crippen molar-refractivity contribution in [1.29, 1.82) is 0 Å². The van der Waals surface area contributed by atoms with Crippen molar-refractivity contribution in [3.8, 4) is 0 Å². The number of rotatable bonds is 6. The van der Waals surface area contributed by atoms with Crippen LogP contribution in [0.5, 0.6) is 0 Å². The Morgan fingerprint density at radius 1 is 0.970 bits per heavy atom. The van der Waals surface area contributed by atoms with E-state index in [2.05, 4.69) is 20.8 Å². The standard InChI is InChI=1S/C25H29N5O3/c1-4-21-29-30-24(33-21)25(11-12-26)19-9-7-17(22(31)27-2)13-15(19)5-6-16-14-18(23(32)28-3)8-10-20(16)25/h7-10,13-14H,4-6,11-12,26H2,1-3H3,(H,27,31)(H,28,32). The van der Waals surface area contributed by atoms with Gasteiger partial charge in [0.1, 0.15) is 5.41 Å². The second kappa shape index (κ2) is 9.15. The quantitative estimate of drug-likeness (QED) is 0.532. The number of nitrogens with one attached hydrogen (secondary N) is 2. The van der Waals surface area contributed by atoms with Gasteiger partial charge in [-0.25, -0.2) is 0 Å². The number of aryl methyl sites for hydroxylation is 3. The van der Waals surface area contributed by atoms with Gasteiger partial charge in [0.25, 0.3) is 11.8 Å². The first-order valence-electron chi connectivity index (χ1n) is 11.2. The average Bonchev–Trinajstić information content (AvgIpc) is 3.30. The van der Waals surface area contributed by atoms with Crippen molar-refractivity contribution in [2.24, 2.45) is 5.73 Å². The van der Waals surface area contributed by atoms with Crippen LogP contribution in [0.15, 0.2) is 40.8 Å². The van der Waals surface area contributed by atoms with Gasteiger partial charge in [-0.3, -0.25) is 9.59 Å². The van der Waals surface area contributed by atoms with Gasteiger partial charge in [-0.2, -0.15) is 0 Å². The van der Waals surface area contributed by atoms with E-state index < -0.39 is 5.41 Å². The van der Waals surface area contributed by atoms with E-state index in [1.807, 2.05) is 43.3 Å². The molecular weight excluding hydrogens is 418 g/mol. The third-order valence-corrected chi connectivity index (χ3v) is 6.43. The van der Waals surface area contributed by atoms with E-state index in [4.69, 9.17) is 10.2 Å². The Balaban J connectivity index is 2.02. The molecule has 0 fully saturated rings. The molecule has 0 aliphatic heterocycles. The van der Waals surface area contributed by atoms with Crippen LogP contribution < -0.4 is 16.4 Å². The number of hydrogen-bond acceptors (Lipinski definition) is 6. The van der Waals surface area contributed by atoms with Gasteiger partial charge >= 0.3 is 0 Å². The van der Waals surface area contributed by atoms with E-state index in [0.717, 1.165) is 22.3 Å². The SMILES string of the molecule is CCc1nnc(C2(CCN)c3ccc(C(=O)NC)cc3CCc3cc(C(=O)NC)ccc32)o1. The largest absolute Gasteiger partial charge is 0.424 e. The highest BCUT2D eigenvalue weighted by Gasteiger charge is 2.45. The number of aromatic nitrogens is 2. The molecule has 8 heteroatoms. The molecule has 0 saturated heterocycles. The van der Waals surface area contributed by atoms with Gasteiger partial charge < -0.3 is 20.8 Å². The van der Waals surface area contributed by atoms with Crippen molar-refractivity contribution in [3.05, 3.63) is 81.6 Å². The molecule has 8 nitrogen and oxygen atoms in total. The molecule has 0 radical (unpaired) electrons. The fourth-order valence-electron chi connectivity index (χ4n) is 4.81. The minimum absolute atomic E-state index is 0.142. The first-order chi connectivity index (χ1) is 16.0. The lowest BCUT2D eigenvalue weighted by atomic mass is 9.69. The van der Waals surface area contributed by atoms with Crippen LogP contribution in [0.2, 0.25) is 0 Å². The summed E-state index contributed by atoms with van der Waals surface area (Å²) in [4.78, 5) is 24.7. The third kappa shape index (κ3) is 3.80. The molecule has 2 aromatic carbocycles. The van der Waals surface area contributed by atoms with Crippen molar-refractivity contribution in [3.63, 3.8) is 0 Å². The molecule has 33 heavy (non-hydrogen) atoms. The van der Waals surface area contributed by atoms with Gasteiger partial charge in [0.15, 0.2) is 0 Å². The summed E-state index contributed by atoms with van der Waals surface area (Å²) in [6.45, 7) is 2.35. The number of amides is 2. The van der Waals surface area contributed by atoms with E-state index >= 15 is 0 Å². The van der Waals surface area contributed by atoms with Crippen molar-refractivity contribution in [2.75, 3.05) is 20.6 Å². The van der Waals surface area contributed by atoms with Crippen LogP contribution in [0, 0.1) is 0 Å². The van der Waals surface area contributed by atoms with Gasteiger partial charge in [0.2, 0.25) is 11.8 Å². The molecule has 0 spiro atoms. The van der Waals surface area contributed by atoms with Crippen molar-refractivity contribution in [2.45, 2.75) is 38.0 Å². The van der Waals surface area contributed by atoms with Gasteiger partial charge in [-0.1, -0.05) is 19.1 Å². The summed E-state index contributed by atoms with van der Waals surface area (Å²) in [6, 6.07) is 11.5. The van der Waals surface area contributed by atoms with E-state index in [1.54, 1.807) is 14.1 Å². The second-order valence-electron chi connectivity index (χ2n) is 8.20. The number of carbonyl (C=O) groups excluding carboxylic acids is 2. The van der Waals surface area contributed by atoms with Crippen LogP contribution in [0.3, 0.4) is 0 Å². The highest BCUT2D eigenvalue weighted by atomic mass is 16.4. The monoisotopic (exact) mass is 447 g/mol. The number of nitrogens with zero attached hydrogens (tertiary/aromatic N) is 2. The molecule has 0 bridgehead atoms. The zero-order valence-electron chi connectivity index (χ0n) is 19.2. The Morgan fingerprint density at radius 2 is 1.52 bits per heavy atom. The number of nitrogens with two attached hydrogens (primary N) is 1. The average molecular weight is 448 g/mol. The van der Waals surface area contributed by atoms with E-state index in [1.165, 1.54) is 0 Å². The first-order valence-corrected chi connectivity index (χ1v) is 11.2. The topological polar surface area (TPSA) is 123 Å². The van der Waals surface area contributed by atoms with Crippen LogP contribution in [0.25, 0.3) is 0 Å². The molecule has 1 aliphatic carbocycles. The lowest BCUT2D eigenvalue weighted by Gasteiger charge is -2.33. The molecule has 0 unspecified atom stereocenters. The first kappa shape index (κ1) is 22.7. The molecule has 1 aliphatic rings. The fourth-order valence-corrected chi connectivity index (χ4v) is 4.81. The maximum absolute atomic E-state index is 12.3. The molecule has 0 atom stereocenters. The van der Waals surface area contributed by atoms with Crippen LogP contribution in [0.4, 0.5) is 0 Å². The van der Waals surface area contributed by atoms with Gasteiger partial charge in [0, 0.05) is 31.6 Å². The predicted molar refractivity (Wildman–Crippen MR) is 124 cm³/mol. The summed E-state index contributed by atoms with van der Waals surface area (Å²) >= 11 is 0. The molecular formula is C25H29N5O3. The van der Waals surface area contributed by atoms with Crippen LogP contribution in [0.1, 0.15) is 68.1 Å².